The van der Waals surface area contributed by atoms with Gasteiger partial charge in [-0.05, 0) is 43.2 Å². The number of hydrogen-bond donors (Lipinski definition) is 0. The van der Waals surface area contributed by atoms with Crippen LogP contribution in [0.3, 0.4) is 0 Å². The predicted octanol–water partition coefficient (Wildman–Crippen LogP) is 3.36. The maximum atomic E-state index is 11.1. The zero-order valence-corrected chi connectivity index (χ0v) is 10.2. The third-order valence-electron chi connectivity index (χ3n) is 2.98. The first kappa shape index (κ1) is 11.2. The molecule has 0 radical (unpaired) electrons. The van der Waals surface area contributed by atoms with Crippen molar-refractivity contribution in [3.8, 4) is 5.75 Å². The van der Waals surface area contributed by atoms with Crippen molar-refractivity contribution in [2.45, 2.75) is 46.0 Å². The molecule has 16 heavy (non-hydrogen) atoms. The summed E-state index contributed by atoms with van der Waals surface area (Å²) in [6.07, 6.45) is 3.35. The van der Waals surface area contributed by atoms with Crippen LogP contribution in [0.15, 0.2) is 12.1 Å². The van der Waals surface area contributed by atoms with Crippen LogP contribution in [0.5, 0.6) is 5.75 Å². The molecule has 0 aliphatic heterocycles. The van der Waals surface area contributed by atoms with Crippen LogP contribution in [0.4, 0.5) is 0 Å². The van der Waals surface area contributed by atoms with Gasteiger partial charge in [0.1, 0.15) is 5.75 Å². The van der Waals surface area contributed by atoms with Crippen molar-refractivity contribution in [2.24, 2.45) is 0 Å². The molecule has 2 nitrogen and oxygen atoms in total. The molecule has 0 N–H and O–H groups in total. The summed E-state index contributed by atoms with van der Waals surface area (Å²) in [7, 11) is 0. The van der Waals surface area contributed by atoms with E-state index in [1.54, 1.807) is 0 Å². The topological polar surface area (TPSA) is 26.3 Å². The lowest BCUT2D eigenvalue weighted by Gasteiger charge is -2.14. The maximum Gasteiger partial charge on any atom is 0.308 e. The van der Waals surface area contributed by atoms with E-state index in [9.17, 15) is 4.79 Å². The highest BCUT2D eigenvalue weighted by Crippen LogP contribution is 2.46. The van der Waals surface area contributed by atoms with Gasteiger partial charge >= 0.3 is 5.97 Å². The summed E-state index contributed by atoms with van der Waals surface area (Å²) in [4.78, 5) is 11.1. The standard InChI is InChI=1S/C14H18O2/c1-4-11-7-9(2)8-13(12-5-6-12)14(11)16-10(3)15/h7-8,12H,4-6H2,1-3H3. The molecule has 0 bridgehead atoms. The summed E-state index contributed by atoms with van der Waals surface area (Å²) >= 11 is 0. The lowest BCUT2D eigenvalue weighted by molar-refractivity contribution is -0.132. The van der Waals surface area contributed by atoms with Gasteiger partial charge in [0, 0.05) is 6.92 Å². The van der Waals surface area contributed by atoms with Crippen LogP contribution in [-0.2, 0) is 11.2 Å². The summed E-state index contributed by atoms with van der Waals surface area (Å²) in [6.45, 7) is 5.66. The second kappa shape index (κ2) is 4.28. The normalized spacial score (nSPS) is 14.9. The van der Waals surface area contributed by atoms with Crippen LogP contribution in [0.25, 0.3) is 0 Å². The van der Waals surface area contributed by atoms with Crippen LogP contribution in [0.2, 0.25) is 0 Å². The molecule has 1 aliphatic rings. The Hall–Kier alpha value is -1.31. The molecule has 0 aromatic heterocycles. The molecule has 1 aromatic rings. The second-order valence-electron chi connectivity index (χ2n) is 4.56. The van der Waals surface area contributed by atoms with Crippen molar-refractivity contribution < 1.29 is 9.53 Å². The third-order valence-corrected chi connectivity index (χ3v) is 2.98. The Labute approximate surface area is 96.6 Å². The second-order valence-corrected chi connectivity index (χ2v) is 4.56. The Kier molecular flexibility index (Phi) is 2.99. The van der Waals surface area contributed by atoms with Crippen molar-refractivity contribution in [1.29, 1.82) is 0 Å². The molecule has 1 fully saturated rings. The van der Waals surface area contributed by atoms with E-state index in [2.05, 4.69) is 26.0 Å². The van der Waals surface area contributed by atoms with Crippen LogP contribution in [0, 0.1) is 6.92 Å². The number of ether oxygens (including phenoxy) is 1. The molecule has 0 atom stereocenters. The summed E-state index contributed by atoms with van der Waals surface area (Å²) in [5, 5.41) is 0. The zero-order valence-electron chi connectivity index (χ0n) is 10.2. The molecule has 0 amide bonds. The van der Waals surface area contributed by atoms with E-state index in [1.165, 1.54) is 30.9 Å². The Bertz CT molecular complexity index is 417. The SMILES string of the molecule is CCc1cc(C)cc(C2CC2)c1OC(C)=O. The zero-order chi connectivity index (χ0) is 11.7. The fourth-order valence-corrected chi connectivity index (χ4v) is 2.11. The molecule has 0 heterocycles. The Morgan fingerprint density at radius 2 is 2.12 bits per heavy atom. The number of hydrogen-bond acceptors (Lipinski definition) is 2. The summed E-state index contributed by atoms with van der Waals surface area (Å²) < 4.78 is 5.38. The molecular formula is C14H18O2. The molecule has 1 aromatic carbocycles. The van der Waals surface area contributed by atoms with Gasteiger partial charge in [-0.2, -0.15) is 0 Å². The molecule has 2 heteroatoms. The summed E-state index contributed by atoms with van der Waals surface area (Å²) in [5.41, 5.74) is 3.64. The van der Waals surface area contributed by atoms with Gasteiger partial charge in [0.05, 0.1) is 0 Å². The van der Waals surface area contributed by atoms with Gasteiger partial charge in [0.15, 0.2) is 0 Å². The van der Waals surface area contributed by atoms with E-state index >= 15 is 0 Å². The Morgan fingerprint density at radius 1 is 1.44 bits per heavy atom. The van der Waals surface area contributed by atoms with E-state index < -0.39 is 0 Å². The van der Waals surface area contributed by atoms with E-state index in [-0.39, 0.29) is 5.97 Å². The Morgan fingerprint density at radius 3 is 2.62 bits per heavy atom. The minimum atomic E-state index is -0.222. The first-order valence-electron chi connectivity index (χ1n) is 5.93. The fraction of sp³-hybridized carbons (Fsp3) is 0.500. The van der Waals surface area contributed by atoms with Crippen molar-refractivity contribution in [3.05, 3.63) is 28.8 Å². The molecule has 1 aliphatic carbocycles. The highest BCUT2D eigenvalue weighted by atomic mass is 16.5. The minimum Gasteiger partial charge on any atom is -0.426 e. The smallest absolute Gasteiger partial charge is 0.308 e. The number of carbonyl (C=O) groups is 1. The monoisotopic (exact) mass is 218 g/mol. The molecule has 0 spiro atoms. The van der Waals surface area contributed by atoms with E-state index in [0.29, 0.717) is 5.92 Å². The van der Waals surface area contributed by atoms with Gasteiger partial charge in [-0.15, -0.1) is 0 Å². The largest absolute Gasteiger partial charge is 0.426 e. The lowest BCUT2D eigenvalue weighted by atomic mass is 10.00. The Balaban J connectivity index is 2.46. The number of rotatable bonds is 3. The van der Waals surface area contributed by atoms with Crippen molar-refractivity contribution in [2.75, 3.05) is 0 Å². The van der Waals surface area contributed by atoms with Crippen molar-refractivity contribution >= 4 is 5.97 Å². The van der Waals surface area contributed by atoms with Crippen LogP contribution in [-0.4, -0.2) is 5.97 Å². The molecule has 0 unspecified atom stereocenters. The summed E-state index contributed by atoms with van der Waals surface area (Å²) in [6, 6.07) is 4.28. The lowest BCUT2D eigenvalue weighted by Crippen LogP contribution is -2.06. The molecule has 1 saturated carbocycles. The average molecular weight is 218 g/mol. The van der Waals surface area contributed by atoms with Crippen LogP contribution < -0.4 is 4.74 Å². The highest BCUT2D eigenvalue weighted by molar-refractivity contribution is 5.71. The van der Waals surface area contributed by atoms with E-state index in [1.807, 2.05) is 0 Å². The van der Waals surface area contributed by atoms with E-state index in [4.69, 9.17) is 4.74 Å². The predicted molar refractivity (Wildman–Crippen MR) is 63.8 cm³/mol. The van der Waals surface area contributed by atoms with E-state index in [0.717, 1.165) is 17.7 Å². The van der Waals surface area contributed by atoms with Gasteiger partial charge in [-0.3, -0.25) is 4.79 Å². The highest BCUT2D eigenvalue weighted by Gasteiger charge is 2.28. The maximum absolute atomic E-state index is 11.1. The van der Waals surface area contributed by atoms with Crippen molar-refractivity contribution in [1.82, 2.24) is 0 Å². The minimum absolute atomic E-state index is 0.222. The van der Waals surface area contributed by atoms with Crippen LogP contribution >= 0.6 is 0 Å². The number of benzene rings is 1. The van der Waals surface area contributed by atoms with Gasteiger partial charge < -0.3 is 4.74 Å². The van der Waals surface area contributed by atoms with Gasteiger partial charge in [-0.25, -0.2) is 0 Å². The van der Waals surface area contributed by atoms with Crippen LogP contribution in [0.1, 0.15) is 49.3 Å². The average Bonchev–Trinajstić information content (AvgIpc) is 3.02. The number of aryl methyl sites for hydroxylation is 2. The molecule has 86 valence electrons. The first-order valence-corrected chi connectivity index (χ1v) is 5.93. The fourth-order valence-electron chi connectivity index (χ4n) is 2.11. The molecule has 0 saturated heterocycles. The van der Waals surface area contributed by atoms with Gasteiger partial charge in [-0.1, -0.05) is 24.6 Å². The third kappa shape index (κ3) is 2.26. The summed E-state index contributed by atoms with van der Waals surface area (Å²) in [5.74, 6) is 1.21. The van der Waals surface area contributed by atoms with Gasteiger partial charge in [0.2, 0.25) is 0 Å². The first-order chi connectivity index (χ1) is 7.61. The number of carbonyl (C=O) groups excluding carboxylic acids is 1. The van der Waals surface area contributed by atoms with Crippen molar-refractivity contribution in [3.63, 3.8) is 0 Å². The number of esters is 1. The molecular weight excluding hydrogens is 200 g/mol. The van der Waals surface area contributed by atoms with Gasteiger partial charge in [0.25, 0.3) is 0 Å². The molecule has 2 rings (SSSR count). The quantitative estimate of drug-likeness (QED) is 0.574.